The fourth-order valence-corrected chi connectivity index (χ4v) is 2.71. The molecule has 110 valence electrons. The SMILES string of the molecule is CN(CC1(O)CCOCC1)c1cccc(F)c1C(N)=S. The quantitative estimate of drug-likeness (QED) is 0.824. The summed E-state index contributed by atoms with van der Waals surface area (Å²) in [4.78, 5) is 1.81. The third kappa shape index (κ3) is 3.26. The molecule has 1 aromatic rings. The highest BCUT2D eigenvalue weighted by molar-refractivity contribution is 7.80. The Labute approximate surface area is 123 Å². The lowest BCUT2D eigenvalue weighted by molar-refractivity contribution is -0.0572. The summed E-state index contributed by atoms with van der Waals surface area (Å²) in [6, 6.07) is 4.69. The maximum absolute atomic E-state index is 13.9. The van der Waals surface area contributed by atoms with Crippen LogP contribution in [0.4, 0.5) is 10.1 Å². The van der Waals surface area contributed by atoms with Crippen molar-refractivity contribution in [1.82, 2.24) is 0 Å². The van der Waals surface area contributed by atoms with Crippen LogP contribution in [0.2, 0.25) is 0 Å². The van der Waals surface area contributed by atoms with Crippen molar-refractivity contribution in [1.29, 1.82) is 0 Å². The van der Waals surface area contributed by atoms with Crippen LogP contribution in [0, 0.1) is 5.82 Å². The molecule has 4 nitrogen and oxygen atoms in total. The Bertz CT molecular complexity index is 504. The number of nitrogens with zero attached hydrogens (tertiary/aromatic N) is 1. The summed E-state index contributed by atoms with van der Waals surface area (Å²) in [7, 11) is 1.80. The van der Waals surface area contributed by atoms with Crippen LogP contribution >= 0.6 is 12.2 Å². The summed E-state index contributed by atoms with van der Waals surface area (Å²) in [6.45, 7) is 1.46. The molecule has 1 aliphatic rings. The van der Waals surface area contributed by atoms with Crippen molar-refractivity contribution in [3.8, 4) is 0 Å². The fourth-order valence-electron chi connectivity index (χ4n) is 2.51. The van der Waals surface area contributed by atoms with Gasteiger partial charge in [-0.25, -0.2) is 4.39 Å². The maximum atomic E-state index is 13.9. The molecule has 1 aromatic carbocycles. The molecule has 6 heteroatoms. The van der Waals surface area contributed by atoms with Gasteiger partial charge in [0.25, 0.3) is 0 Å². The summed E-state index contributed by atoms with van der Waals surface area (Å²) >= 11 is 4.92. The predicted octanol–water partition coefficient (Wildman–Crippen LogP) is 1.44. The zero-order valence-electron chi connectivity index (χ0n) is 11.4. The van der Waals surface area contributed by atoms with Gasteiger partial charge in [0.1, 0.15) is 10.8 Å². The highest BCUT2D eigenvalue weighted by Gasteiger charge is 2.32. The van der Waals surface area contributed by atoms with E-state index in [-0.39, 0.29) is 10.6 Å². The first-order chi connectivity index (χ1) is 9.43. The molecule has 0 amide bonds. The first-order valence-electron chi connectivity index (χ1n) is 6.52. The molecular weight excluding hydrogens is 279 g/mol. The average Bonchev–Trinajstić information content (AvgIpc) is 2.38. The van der Waals surface area contributed by atoms with Crippen molar-refractivity contribution in [3.05, 3.63) is 29.6 Å². The van der Waals surface area contributed by atoms with Crippen LogP contribution in [-0.4, -0.2) is 42.5 Å². The van der Waals surface area contributed by atoms with Gasteiger partial charge in [-0.3, -0.25) is 0 Å². The highest BCUT2D eigenvalue weighted by Crippen LogP contribution is 2.27. The van der Waals surface area contributed by atoms with Crippen LogP contribution in [0.15, 0.2) is 18.2 Å². The molecule has 0 radical (unpaired) electrons. The lowest BCUT2D eigenvalue weighted by Crippen LogP contribution is -2.46. The minimum absolute atomic E-state index is 0.0175. The number of hydrogen-bond donors (Lipinski definition) is 2. The van der Waals surface area contributed by atoms with Crippen molar-refractivity contribution in [2.75, 3.05) is 31.7 Å². The molecule has 0 saturated carbocycles. The number of likely N-dealkylation sites (N-methyl/N-ethyl adjacent to an activating group) is 1. The van der Waals surface area contributed by atoms with Gasteiger partial charge in [0, 0.05) is 45.3 Å². The molecule has 20 heavy (non-hydrogen) atoms. The Morgan fingerprint density at radius 3 is 2.75 bits per heavy atom. The average molecular weight is 298 g/mol. The van der Waals surface area contributed by atoms with E-state index in [9.17, 15) is 9.50 Å². The van der Waals surface area contributed by atoms with Crippen molar-refractivity contribution < 1.29 is 14.2 Å². The van der Waals surface area contributed by atoms with Gasteiger partial charge in [0.2, 0.25) is 0 Å². The van der Waals surface area contributed by atoms with Gasteiger partial charge in [-0.05, 0) is 12.1 Å². The van der Waals surface area contributed by atoms with E-state index in [0.717, 1.165) is 0 Å². The van der Waals surface area contributed by atoms with Gasteiger partial charge in [0.15, 0.2) is 0 Å². The van der Waals surface area contributed by atoms with Crippen LogP contribution in [0.25, 0.3) is 0 Å². The smallest absolute Gasteiger partial charge is 0.135 e. The molecule has 0 aromatic heterocycles. The number of benzene rings is 1. The van der Waals surface area contributed by atoms with E-state index in [4.69, 9.17) is 22.7 Å². The zero-order valence-corrected chi connectivity index (χ0v) is 12.3. The molecule has 1 saturated heterocycles. The Kier molecular flexibility index (Phi) is 4.57. The van der Waals surface area contributed by atoms with Crippen molar-refractivity contribution in [2.24, 2.45) is 5.73 Å². The normalized spacial score (nSPS) is 17.8. The van der Waals surface area contributed by atoms with Gasteiger partial charge in [-0.15, -0.1) is 0 Å². The largest absolute Gasteiger partial charge is 0.389 e. The number of anilines is 1. The van der Waals surface area contributed by atoms with E-state index in [2.05, 4.69) is 0 Å². The van der Waals surface area contributed by atoms with E-state index in [1.807, 2.05) is 0 Å². The van der Waals surface area contributed by atoms with Gasteiger partial charge in [0.05, 0.1) is 11.2 Å². The van der Waals surface area contributed by atoms with Gasteiger partial charge >= 0.3 is 0 Å². The Morgan fingerprint density at radius 1 is 1.50 bits per heavy atom. The van der Waals surface area contributed by atoms with Crippen LogP contribution in [0.1, 0.15) is 18.4 Å². The molecule has 0 aliphatic carbocycles. The number of nitrogens with two attached hydrogens (primary N) is 1. The molecule has 0 spiro atoms. The number of ether oxygens (including phenoxy) is 1. The molecule has 3 N–H and O–H groups in total. The van der Waals surface area contributed by atoms with E-state index in [1.165, 1.54) is 6.07 Å². The number of hydrogen-bond acceptors (Lipinski definition) is 4. The van der Waals surface area contributed by atoms with Crippen LogP contribution < -0.4 is 10.6 Å². The minimum Gasteiger partial charge on any atom is -0.389 e. The molecule has 1 aliphatic heterocycles. The minimum atomic E-state index is -0.827. The number of rotatable bonds is 4. The molecule has 0 unspecified atom stereocenters. The second kappa shape index (κ2) is 6.03. The molecular formula is C14H19FN2O2S. The number of thiocarbonyl (C=S) groups is 1. The molecule has 0 atom stereocenters. The van der Waals surface area contributed by atoms with Crippen molar-refractivity contribution >= 4 is 22.9 Å². The fraction of sp³-hybridized carbons (Fsp3) is 0.500. The number of aliphatic hydroxyl groups is 1. The second-order valence-corrected chi connectivity index (χ2v) is 5.63. The van der Waals surface area contributed by atoms with E-state index in [1.54, 1.807) is 24.1 Å². The van der Waals surface area contributed by atoms with Crippen LogP contribution in [-0.2, 0) is 4.74 Å². The highest BCUT2D eigenvalue weighted by atomic mass is 32.1. The molecule has 1 fully saturated rings. The summed E-state index contributed by atoms with van der Waals surface area (Å²) in [5.74, 6) is -0.444. The lowest BCUT2D eigenvalue weighted by atomic mass is 9.93. The third-order valence-electron chi connectivity index (χ3n) is 3.60. The monoisotopic (exact) mass is 298 g/mol. The van der Waals surface area contributed by atoms with E-state index < -0.39 is 11.4 Å². The van der Waals surface area contributed by atoms with Crippen LogP contribution in [0.5, 0.6) is 0 Å². The molecule has 2 rings (SSSR count). The molecule has 0 bridgehead atoms. The summed E-state index contributed by atoms with van der Waals surface area (Å²) in [5.41, 5.74) is 5.59. The van der Waals surface area contributed by atoms with Crippen molar-refractivity contribution in [3.63, 3.8) is 0 Å². The zero-order chi connectivity index (χ0) is 14.8. The Hall–Kier alpha value is -1.24. The van der Waals surface area contributed by atoms with Gasteiger partial charge in [-0.1, -0.05) is 18.3 Å². The third-order valence-corrected chi connectivity index (χ3v) is 3.81. The van der Waals surface area contributed by atoms with Gasteiger partial charge < -0.3 is 20.5 Å². The summed E-state index contributed by atoms with van der Waals surface area (Å²) in [6.07, 6.45) is 1.13. The maximum Gasteiger partial charge on any atom is 0.135 e. The van der Waals surface area contributed by atoms with E-state index >= 15 is 0 Å². The van der Waals surface area contributed by atoms with Crippen molar-refractivity contribution in [2.45, 2.75) is 18.4 Å². The summed E-state index contributed by atoms with van der Waals surface area (Å²) < 4.78 is 19.1. The second-order valence-electron chi connectivity index (χ2n) is 5.19. The lowest BCUT2D eigenvalue weighted by Gasteiger charge is -2.36. The number of halogens is 1. The van der Waals surface area contributed by atoms with Gasteiger partial charge in [-0.2, -0.15) is 0 Å². The first kappa shape index (κ1) is 15.2. The first-order valence-corrected chi connectivity index (χ1v) is 6.93. The predicted molar refractivity (Wildman–Crippen MR) is 80.6 cm³/mol. The van der Waals surface area contributed by atoms with E-state index in [0.29, 0.717) is 38.3 Å². The summed E-state index contributed by atoms with van der Waals surface area (Å²) in [5, 5.41) is 10.5. The Morgan fingerprint density at radius 2 is 2.15 bits per heavy atom. The Balaban J connectivity index is 2.23. The van der Waals surface area contributed by atoms with Crippen LogP contribution in [0.3, 0.4) is 0 Å². The topological polar surface area (TPSA) is 58.7 Å². The molecule has 1 heterocycles. The standard InChI is InChI=1S/C14H19FN2O2S/c1-17(9-14(18)5-7-19-8-6-14)11-4-2-3-10(15)12(11)13(16)20/h2-4,18H,5-9H2,1H3,(H2,16,20).